The van der Waals surface area contributed by atoms with E-state index in [0.29, 0.717) is 47.9 Å². The lowest BCUT2D eigenvalue weighted by molar-refractivity contribution is -0.189. The molecule has 0 amide bonds. The summed E-state index contributed by atoms with van der Waals surface area (Å²) in [6.45, 7) is 4.51. The lowest BCUT2D eigenvalue weighted by Gasteiger charge is -2.37. The molecule has 0 heterocycles. The topological polar surface area (TPSA) is 61.8 Å². The van der Waals surface area contributed by atoms with Crippen molar-refractivity contribution in [2.75, 3.05) is 13.2 Å². The minimum absolute atomic E-state index is 0.0357. The molecule has 0 spiro atoms. The van der Waals surface area contributed by atoms with Crippen LogP contribution in [-0.4, -0.2) is 36.9 Å². The Bertz CT molecular complexity index is 639. The fraction of sp³-hybridized carbons (Fsp3) is 0.579. The van der Waals surface area contributed by atoms with Crippen molar-refractivity contribution in [3.63, 3.8) is 0 Å². The van der Waals surface area contributed by atoms with Crippen LogP contribution in [0.15, 0.2) is 18.2 Å². The first-order valence-corrected chi connectivity index (χ1v) is 9.60. The van der Waals surface area contributed by atoms with Gasteiger partial charge in [0.25, 0.3) is 0 Å². The minimum Gasteiger partial charge on any atom is -0.463 e. The second kappa shape index (κ2) is 9.58. The van der Waals surface area contributed by atoms with Gasteiger partial charge < -0.3 is 14.2 Å². The van der Waals surface area contributed by atoms with E-state index in [0.717, 1.165) is 0 Å². The van der Waals surface area contributed by atoms with E-state index in [-0.39, 0.29) is 19.1 Å². The van der Waals surface area contributed by atoms with Gasteiger partial charge in [-0.25, -0.2) is 4.79 Å². The first kappa shape index (κ1) is 21.0. The number of benzene rings is 1. The van der Waals surface area contributed by atoms with Gasteiger partial charge in [0, 0.05) is 29.5 Å². The van der Waals surface area contributed by atoms with Crippen LogP contribution in [0.4, 0.5) is 0 Å². The van der Waals surface area contributed by atoms with Crippen molar-refractivity contribution in [2.24, 2.45) is 0 Å². The molecule has 26 heavy (non-hydrogen) atoms. The Morgan fingerprint density at radius 3 is 2.42 bits per heavy atom. The van der Waals surface area contributed by atoms with Crippen LogP contribution in [-0.2, 0) is 30.2 Å². The standard InChI is InChI=1S/C19H24Cl2O5/c1-3-24-15-7-9-19(10-8-15,18(23)25-4-2)26-17(22)11-13-5-6-14(20)12-16(13)21/h5-6,12,15H,3-4,7-11H2,1-2H3. The molecule has 0 aliphatic heterocycles. The molecule has 1 aromatic carbocycles. The monoisotopic (exact) mass is 402 g/mol. The van der Waals surface area contributed by atoms with Crippen molar-refractivity contribution < 1.29 is 23.8 Å². The maximum atomic E-state index is 12.5. The lowest BCUT2D eigenvalue weighted by atomic mass is 9.83. The van der Waals surface area contributed by atoms with E-state index in [2.05, 4.69) is 0 Å². The largest absolute Gasteiger partial charge is 0.463 e. The van der Waals surface area contributed by atoms with E-state index < -0.39 is 17.5 Å². The maximum absolute atomic E-state index is 12.5. The molecule has 0 atom stereocenters. The smallest absolute Gasteiger partial charge is 0.350 e. The van der Waals surface area contributed by atoms with Crippen molar-refractivity contribution in [2.45, 2.75) is 57.7 Å². The Hall–Kier alpha value is -1.30. The quantitative estimate of drug-likeness (QED) is 0.633. The zero-order valence-corrected chi connectivity index (χ0v) is 16.6. The van der Waals surface area contributed by atoms with Crippen LogP contribution in [0.1, 0.15) is 45.1 Å². The number of esters is 2. The highest BCUT2D eigenvalue weighted by Gasteiger charge is 2.47. The van der Waals surface area contributed by atoms with Crippen molar-refractivity contribution in [3.05, 3.63) is 33.8 Å². The van der Waals surface area contributed by atoms with E-state index in [4.69, 9.17) is 37.4 Å². The van der Waals surface area contributed by atoms with Crippen molar-refractivity contribution >= 4 is 35.1 Å². The molecule has 1 saturated carbocycles. The van der Waals surface area contributed by atoms with E-state index in [1.807, 2.05) is 6.92 Å². The first-order chi connectivity index (χ1) is 12.4. The predicted octanol–water partition coefficient (Wildman–Crippen LogP) is 4.36. The molecular weight excluding hydrogens is 379 g/mol. The van der Waals surface area contributed by atoms with E-state index in [9.17, 15) is 9.59 Å². The second-order valence-corrected chi connectivity index (χ2v) is 7.10. The van der Waals surface area contributed by atoms with Gasteiger partial charge in [-0.3, -0.25) is 4.79 Å². The summed E-state index contributed by atoms with van der Waals surface area (Å²) in [4.78, 5) is 25.0. The number of ether oxygens (including phenoxy) is 3. The first-order valence-electron chi connectivity index (χ1n) is 8.84. The van der Waals surface area contributed by atoms with Gasteiger partial charge >= 0.3 is 11.9 Å². The van der Waals surface area contributed by atoms with E-state index >= 15 is 0 Å². The molecular formula is C19H24Cl2O5. The Labute approximate surface area is 163 Å². The summed E-state index contributed by atoms with van der Waals surface area (Å²) in [5, 5.41) is 0.879. The van der Waals surface area contributed by atoms with Crippen LogP contribution in [0.2, 0.25) is 10.0 Å². The highest BCUT2D eigenvalue weighted by atomic mass is 35.5. The van der Waals surface area contributed by atoms with Crippen LogP contribution in [0, 0.1) is 0 Å². The summed E-state index contributed by atoms with van der Waals surface area (Å²) in [5.74, 6) is -1.01. The third-order valence-corrected chi connectivity index (χ3v) is 5.04. The summed E-state index contributed by atoms with van der Waals surface area (Å²) in [6, 6.07) is 4.90. The van der Waals surface area contributed by atoms with Gasteiger partial charge in [0.15, 0.2) is 0 Å². The van der Waals surface area contributed by atoms with Crippen LogP contribution < -0.4 is 0 Å². The Morgan fingerprint density at radius 1 is 1.15 bits per heavy atom. The van der Waals surface area contributed by atoms with Gasteiger partial charge in [-0.1, -0.05) is 29.3 Å². The van der Waals surface area contributed by atoms with Crippen molar-refractivity contribution in [1.82, 2.24) is 0 Å². The normalized spacial score (nSPS) is 22.7. The summed E-state index contributed by atoms with van der Waals surface area (Å²) in [7, 11) is 0. The molecule has 0 unspecified atom stereocenters. The molecule has 1 aliphatic rings. The van der Waals surface area contributed by atoms with Crippen molar-refractivity contribution in [1.29, 1.82) is 0 Å². The molecule has 7 heteroatoms. The molecule has 1 aliphatic carbocycles. The highest BCUT2D eigenvalue weighted by molar-refractivity contribution is 6.35. The third-order valence-electron chi connectivity index (χ3n) is 4.45. The summed E-state index contributed by atoms with van der Waals surface area (Å²) >= 11 is 12.0. The average molecular weight is 403 g/mol. The van der Waals surface area contributed by atoms with Gasteiger partial charge in [-0.15, -0.1) is 0 Å². The van der Waals surface area contributed by atoms with Crippen LogP contribution >= 0.6 is 23.2 Å². The number of halogens is 2. The zero-order valence-electron chi connectivity index (χ0n) is 15.1. The Morgan fingerprint density at radius 2 is 1.85 bits per heavy atom. The minimum atomic E-state index is -1.25. The molecule has 5 nitrogen and oxygen atoms in total. The predicted molar refractivity (Wildman–Crippen MR) is 99.5 cm³/mol. The van der Waals surface area contributed by atoms with Crippen molar-refractivity contribution in [3.8, 4) is 0 Å². The molecule has 144 valence electrons. The fourth-order valence-electron chi connectivity index (χ4n) is 3.15. The number of carbonyl (C=O) groups excluding carboxylic acids is 2. The number of carbonyl (C=O) groups is 2. The summed E-state index contributed by atoms with van der Waals surface area (Å²) in [5.41, 5.74) is -0.650. The van der Waals surface area contributed by atoms with Gasteiger partial charge in [-0.05, 0) is 44.4 Å². The molecule has 0 aromatic heterocycles. The number of hydrogen-bond donors (Lipinski definition) is 0. The maximum Gasteiger partial charge on any atom is 0.350 e. The fourth-order valence-corrected chi connectivity index (χ4v) is 3.62. The molecule has 1 aromatic rings. The summed E-state index contributed by atoms with van der Waals surface area (Å²) in [6.07, 6.45) is 2.09. The van der Waals surface area contributed by atoms with Crippen LogP contribution in [0.25, 0.3) is 0 Å². The Balaban J connectivity index is 2.08. The highest BCUT2D eigenvalue weighted by Crippen LogP contribution is 2.35. The lowest BCUT2D eigenvalue weighted by Crippen LogP contribution is -2.48. The van der Waals surface area contributed by atoms with E-state index in [1.165, 1.54) is 0 Å². The molecule has 0 bridgehead atoms. The van der Waals surface area contributed by atoms with Gasteiger partial charge in [0.05, 0.1) is 19.1 Å². The van der Waals surface area contributed by atoms with Gasteiger partial charge in [0.1, 0.15) is 0 Å². The average Bonchev–Trinajstić information content (AvgIpc) is 2.60. The zero-order chi connectivity index (χ0) is 19.2. The van der Waals surface area contributed by atoms with E-state index in [1.54, 1.807) is 25.1 Å². The SMILES string of the molecule is CCOC(=O)C1(OC(=O)Cc2ccc(Cl)cc2Cl)CCC(OCC)CC1. The summed E-state index contributed by atoms with van der Waals surface area (Å²) < 4.78 is 16.4. The Kier molecular flexibility index (Phi) is 7.74. The number of rotatable bonds is 7. The molecule has 0 radical (unpaired) electrons. The van der Waals surface area contributed by atoms with Gasteiger partial charge in [-0.2, -0.15) is 0 Å². The number of hydrogen-bond acceptors (Lipinski definition) is 5. The second-order valence-electron chi connectivity index (χ2n) is 6.26. The van der Waals surface area contributed by atoms with Crippen LogP contribution in [0.3, 0.4) is 0 Å². The van der Waals surface area contributed by atoms with Crippen LogP contribution in [0.5, 0.6) is 0 Å². The van der Waals surface area contributed by atoms with Gasteiger partial charge in [0.2, 0.25) is 5.60 Å². The third kappa shape index (κ3) is 5.35. The molecule has 1 fully saturated rings. The molecule has 2 rings (SSSR count). The molecule has 0 N–H and O–H groups in total. The molecule has 0 saturated heterocycles.